The topological polar surface area (TPSA) is 101 Å². The Morgan fingerprint density at radius 2 is 1.93 bits per heavy atom. The van der Waals surface area contributed by atoms with Crippen molar-refractivity contribution in [3.63, 3.8) is 0 Å². The summed E-state index contributed by atoms with van der Waals surface area (Å²) in [6, 6.07) is 15.1. The average Bonchev–Trinajstić information content (AvgIpc) is 3.16. The number of carbonyl (C=O) groups is 1. The van der Waals surface area contributed by atoms with Crippen molar-refractivity contribution in [1.29, 1.82) is 0 Å². The number of carbonyl (C=O) groups excluding carboxylic acids is 1. The number of aromatic nitrogens is 2. The maximum absolute atomic E-state index is 12.4. The molecule has 1 aromatic heterocycles. The predicted octanol–water partition coefficient (Wildman–Crippen LogP) is 2.92. The highest BCUT2D eigenvalue weighted by Gasteiger charge is 2.16. The molecule has 1 amide bonds. The Kier molecular flexibility index (Phi) is 5.75. The van der Waals surface area contributed by atoms with Crippen LogP contribution in [0.1, 0.15) is 10.4 Å². The Morgan fingerprint density at radius 3 is 2.67 bits per heavy atom. The van der Waals surface area contributed by atoms with Crippen LogP contribution in [-0.4, -0.2) is 30.2 Å². The van der Waals surface area contributed by atoms with Crippen molar-refractivity contribution in [3.8, 4) is 11.4 Å². The smallest absolute Gasteiger partial charge is 0.257 e. The fourth-order valence-corrected chi connectivity index (χ4v) is 3.83. The van der Waals surface area contributed by atoms with Gasteiger partial charge in [0.1, 0.15) is 0 Å². The van der Waals surface area contributed by atoms with Crippen LogP contribution in [-0.2, 0) is 10.0 Å². The summed E-state index contributed by atoms with van der Waals surface area (Å²) in [7, 11) is -3.71. The van der Waals surface area contributed by atoms with Gasteiger partial charge in [0, 0.05) is 29.2 Å². The van der Waals surface area contributed by atoms with Gasteiger partial charge >= 0.3 is 0 Å². The van der Waals surface area contributed by atoms with Crippen LogP contribution in [0.2, 0.25) is 0 Å². The molecule has 2 aromatic carbocycles. The molecule has 0 aliphatic rings. The van der Waals surface area contributed by atoms with Crippen molar-refractivity contribution < 1.29 is 13.2 Å². The molecule has 2 N–H and O–H groups in total. The molecule has 0 spiro atoms. The van der Waals surface area contributed by atoms with Crippen LogP contribution in [0, 0.1) is 0 Å². The van der Waals surface area contributed by atoms with E-state index in [0.717, 1.165) is 17.1 Å². The Bertz CT molecular complexity index is 1060. The van der Waals surface area contributed by atoms with Gasteiger partial charge in [0.2, 0.25) is 15.2 Å². The number of nitrogens with zero attached hydrogens (tertiary/aromatic N) is 2. The normalized spacial score (nSPS) is 11.1. The van der Waals surface area contributed by atoms with E-state index >= 15 is 0 Å². The Balaban J connectivity index is 1.76. The molecule has 0 bridgehead atoms. The van der Waals surface area contributed by atoms with Gasteiger partial charge < -0.3 is 0 Å². The zero-order valence-corrected chi connectivity index (χ0v) is 15.8. The van der Waals surface area contributed by atoms with Crippen LogP contribution in [0.3, 0.4) is 0 Å². The molecule has 27 heavy (non-hydrogen) atoms. The summed E-state index contributed by atoms with van der Waals surface area (Å²) < 4.78 is 30.9. The second-order valence-electron chi connectivity index (χ2n) is 5.41. The summed E-state index contributed by atoms with van der Waals surface area (Å²) in [4.78, 5) is 16.7. The zero-order valence-electron chi connectivity index (χ0n) is 14.1. The summed E-state index contributed by atoms with van der Waals surface area (Å²) in [6.07, 6.45) is 1.44. The van der Waals surface area contributed by atoms with E-state index in [9.17, 15) is 13.2 Å². The van der Waals surface area contributed by atoms with E-state index in [1.54, 1.807) is 0 Å². The minimum atomic E-state index is -3.71. The van der Waals surface area contributed by atoms with Crippen LogP contribution in [0.5, 0.6) is 0 Å². The first kappa shape index (κ1) is 18.9. The standard InChI is InChI=1S/C18H16N4O3S2/c1-2-11-19-27(24,25)15-10-6-9-14(12-15)17(23)21-18-20-16(22-26-18)13-7-4-3-5-8-13/h2-10,12,19H,1,11H2,(H,20,21,22,23). The first-order valence-corrected chi connectivity index (χ1v) is 10.2. The minimum Gasteiger partial charge on any atom is -0.297 e. The first-order chi connectivity index (χ1) is 13.0. The van der Waals surface area contributed by atoms with Crippen LogP contribution in [0.25, 0.3) is 11.4 Å². The van der Waals surface area contributed by atoms with E-state index < -0.39 is 15.9 Å². The van der Waals surface area contributed by atoms with E-state index in [1.807, 2.05) is 30.3 Å². The maximum atomic E-state index is 12.4. The summed E-state index contributed by atoms with van der Waals surface area (Å²) in [5.41, 5.74) is 1.04. The van der Waals surface area contributed by atoms with Gasteiger partial charge in [0.05, 0.1) is 4.90 Å². The Hall–Kier alpha value is -2.88. The molecule has 0 unspecified atom stereocenters. The molecule has 138 valence electrons. The van der Waals surface area contributed by atoms with Crippen molar-refractivity contribution in [3.05, 3.63) is 72.8 Å². The number of amides is 1. The molecule has 0 aliphatic carbocycles. The average molecular weight is 400 g/mol. The molecule has 0 atom stereocenters. The molecular formula is C18H16N4O3S2. The van der Waals surface area contributed by atoms with E-state index in [4.69, 9.17) is 0 Å². The molecule has 7 nitrogen and oxygen atoms in total. The molecular weight excluding hydrogens is 384 g/mol. The third-order valence-corrected chi connectivity index (χ3v) is 5.55. The highest BCUT2D eigenvalue weighted by Crippen LogP contribution is 2.21. The Labute approximate surface area is 161 Å². The predicted molar refractivity (Wildman–Crippen MR) is 105 cm³/mol. The summed E-state index contributed by atoms with van der Waals surface area (Å²) in [6.45, 7) is 3.57. The molecule has 3 aromatic rings. The van der Waals surface area contributed by atoms with E-state index in [-0.39, 0.29) is 17.0 Å². The second-order valence-corrected chi connectivity index (χ2v) is 7.93. The van der Waals surface area contributed by atoms with Gasteiger partial charge in [-0.15, -0.1) is 6.58 Å². The van der Waals surface area contributed by atoms with E-state index in [2.05, 4.69) is 26.0 Å². The van der Waals surface area contributed by atoms with Crippen LogP contribution in [0.4, 0.5) is 5.13 Å². The highest BCUT2D eigenvalue weighted by molar-refractivity contribution is 7.89. The number of hydrogen-bond donors (Lipinski definition) is 2. The number of hydrogen-bond acceptors (Lipinski definition) is 6. The van der Waals surface area contributed by atoms with Gasteiger partial charge in [0.15, 0.2) is 5.82 Å². The lowest BCUT2D eigenvalue weighted by Gasteiger charge is -2.07. The quantitative estimate of drug-likeness (QED) is 0.594. The highest BCUT2D eigenvalue weighted by atomic mass is 32.2. The van der Waals surface area contributed by atoms with Gasteiger partial charge in [0.25, 0.3) is 5.91 Å². The fourth-order valence-electron chi connectivity index (χ4n) is 2.20. The summed E-state index contributed by atoms with van der Waals surface area (Å²) in [5, 5.41) is 2.98. The van der Waals surface area contributed by atoms with Gasteiger partial charge in [-0.2, -0.15) is 9.36 Å². The van der Waals surface area contributed by atoms with E-state index in [0.29, 0.717) is 11.0 Å². The lowest BCUT2D eigenvalue weighted by atomic mass is 10.2. The van der Waals surface area contributed by atoms with Crippen LogP contribution < -0.4 is 10.0 Å². The van der Waals surface area contributed by atoms with Crippen molar-refractivity contribution in [1.82, 2.24) is 14.1 Å². The number of sulfonamides is 1. The third kappa shape index (κ3) is 4.64. The lowest BCUT2D eigenvalue weighted by Crippen LogP contribution is -2.24. The molecule has 0 radical (unpaired) electrons. The third-order valence-electron chi connectivity index (χ3n) is 3.50. The number of nitrogens with one attached hydrogen (secondary N) is 2. The van der Waals surface area contributed by atoms with Crippen molar-refractivity contribution in [2.75, 3.05) is 11.9 Å². The molecule has 0 aliphatic heterocycles. The molecule has 9 heteroatoms. The van der Waals surface area contributed by atoms with Crippen molar-refractivity contribution in [2.24, 2.45) is 0 Å². The lowest BCUT2D eigenvalue weighted by molar-refractivity contribution is 0.102. The largest absolute Gasteiger partial charge is 0.297 e. The molecule has 0 fully saturated rings. The SMILES string of the molecule is C=CCNS(=O)(=O)c1cccc(C(=O)Nc2nc(-c3ccccc3)ns2)c1. The van der Waals surface area contributed by atoms with Crippen LogP contribution in [0.15, 0.2) is 72.1 Å². The number of benzene rings is 2. The van der Waals surface area contributed by atoms with Gasteiger partial charge in [-0.1, -0.05) is 42.5 Å². The minimum absolute atomic E-state index is 0.000705. The fraction of sp³-hybridized carbons (Fsp3) is 0.0556. The number of anilines is 1. The molecule has 0 saturated heterocycles. The summed E-state index contributed by atoms with van der Waals surface area (Å²) in [5.74, 6) is 0.0485. The first-order valence-electron chi connectivity index (χ1n) is 7.91. The molecule has 3 rings (SSSR count). The van der Waals surface area contributed by atoms with Crippen molar-refractivity contribution >= 4 is 32.6 Å². The molecule has 0 saturated carbocycles. The van der Waals surface area contributed by atoms with E-state index in [1.165, 1.54) is 30.3 Å². The van der Waals surface area contributed by atoms with Gasteiger partial charge in [-0.3, -0.25) is 10.1 Å². The monoisotopic (exact) mass is 400 g/mol. The Morgan fingerprint density at radius 1 is 1.15 bits per heavy atom. The van der Waals surface area contributed by atoms with Crippen LogP contribution >= 0.6 is 11.5 Å². The summed E-state index contributed by atoms with van der Waals surface area (Å²) >= 11 is 1.05. The van der Waals surface area contributed by atoms with Gasteiger partial charge in [-0.25, -0.2) is 13.1 Å². The van der Waals surface area contributed by atoms with Crippen molar-refractivity contribution in [2.45, 2.75) is 4.90 Å². The van der Waals surface area contributed by atoms with Gasteiger partial charge in [-0.05, 0) is 18.2 Å². The molecule has 1 heterocycles. The zero-order chi connectivity index (χ0) is 19.3. The maximum Gasteiger partial charge on any atom is 0.257 e. The second kappa shape index (κ2) is 8.21. The number of rotatable bonds is 7.